The lowest BCUT2D eigenvalue weighted by atomic mass is 9.86. The first-order valence-electron chi connectivity index (χ1n) is 7.64. The van der Waals surface area contributed by atoms with Gasteiger partial charge in [0.1, 0.15) is 11.5 Å². The minimum Gasteiger partial charge on any atom is -0.507 e. The highest BCUT2D eigenvalue weighted by Gasteiger charge is 2.26. The molecule has 0 radical (unpaired) electrons. The number of piperidine rings is 1. The van der Waals surface area contributed by atoms with E-state index in [9.17, 15) is 5.11 Å². The number of hydrogen-bond donors (Lipinski definition) is 1. The van der Waals surface area contributed by atoms with E-state index in [0.29, 0.717) is 11.5 Å². The van der Waals surface area contributed by atoms with Crippen LogP contribution in [0.2, 0.25) is 0 Å². The zero-order valence-corrected chi connectivity index (χ0v) is 13.1. The second-order valence-electron chi connectivity index (χ2n) is 6.22. The minimum absolute atomic E-state index is 0.258. The Kier molecular flexibility index (Phi) is 4.92. The number of ether oxygens (including phenoxy) is 1. The monoisotopic (exact) mass is 277 g/mol. The summed E-state index contributed by atoms with van der Waals surface area (Å²) in [5.41, 5.74) is 0.994. The fourth-order valence-electron chi connectivity index (χ4n) is 3.17. The third kappa shape index (κ3) is 3.26. The van der Waals surface area contributed by atoms with Gasteiger partial charge in [-0.05, 0) is 50.8 Å². The minimum atomic E-state index is 0.258. The maximum atomic E-state index is 10.2. The van der Waals surface area contributed by atoms with Gasteiger partial charge in [-0.15, -0.1) is 0 Å². The lowest BCUT2D eigenvalue weighted by molar-refractivity contribution is 0.121. The SMILES string of the molecule is COc1ccc(C(C)N2CCC(C(C)C)CC2)c(O)c1. The van der Waals surface area contributed by atoms with E-state index in [-0.39, 0.29) is 6.04 Å². The molecule has 0 aromatic heterocycles. The van der Waals surface area contributed by atoms with Gasteiger partial charge < -0.3 is 9.84 Å². The molecule has 2 rings (SSSR count). The zero-order valence-electron chi connectivity index (χ0n) is 13.1. The number of likely N-dealkylation sites (tertiary alicyclic amines) is 1. The van der Waals surface area contributed by atoms with Crippen molar-refractivity contribution in [2.45, 2.75) is 39.7 Å². The molecule has 1 N–H and O–H groups in total. The lowest BCUT2D eigenvalue weighted by Gasteiger charge is -2.37. The summed E-state index contributed by atoms with van der Waals surface area (Å²) in [7, 11) is 1.62. The fourth-order valence-corrected chi connectivity index (χ4v) is 3.17. The smallest absolute Gasteiger partial charge is 0.124 e. The van der Waals surface area contributed by atoms with Gasteiger partial charge >= 0.3 is 0 Å². The van der Waals surface area contributed by atoms with Crippen LogP contribution in [-0.2, 0) is 0 Å². The number of hydrogen-bond acceptors (Lipinski definition) is 3. The van der Waals surface area contributed by atoms with Gasteiger partial charge in [-0.3, -0.25) is 4.90 Å². The Bertz CT molecular complexity index is 437. The first-order chi connectivity index (χ1) is 9.52. The van der Waals surface area contributed by atoms with Gasteiger partial charge in [-0.2, -0.15) is 0 Å². The van der Waals surface area contributed by atoms with Crippen LogP contribution in [-0.4, -0.2) is 30.2 Å². The van der Waals surface area contributed by atoms with Gasteiger partial charge in [-0.25, -0.2) is 0 Å². The van der Waals surface area contributed by atoms with Crippen molar-refractivity contribution >= 4 is 0 Å². The summed E-state index contributed by atoms with van der Waals surface area (Å²) in [5, 5.41) is 10.2. The third-order valence-electron chi connectivity index (χ3n) is 4.75. The molecule has 20 heavy (non-hydrogen) atoms. The van der Waals surface area contributed by atoms with Gasteiger partial charge in [0.2, 0.25) is 0 Å². The highest BCUT2D eigenvalue weighted by Crippen LogP contribution is 2.34. The van der Waals surface area contributed by atoms with Gasteiger partial charge in [0.25, 0.3) is 0 Å². The average molecular weight is 277 g/mol. The highest BCUT2D eigenvalue weighted by atomic mass is 16.5. The van der Waals surface area contributed by atoms with Crippen molar-refractivity contribution in [3.63, 3.8) is 0 Å². The van der Waals surface area contributed by atoms with Crippen LogP contribution in [0.3, 0.4) is 0 Å². The molecule has 0 amide bonds. The summed E-state index contributed by atoms with van der Waals surface area (Å²) in [6.07, 6.45) is 2.53. The quantitative estimate of drug-likeness (QED) is 0.908. The predicted octanol–water partition coefficient (Wildman–Crippen LogP) is 3.83. The first-order valence-corrected chi connectivity index (χ1v) is 7.64. The van der Waals surface area contributed by atoms with Crippen LogP contribution in [0.1, 0.15) is 45.2 Å². The zero-order chi connectivity index (χ0) is 14.7. The molecule has 0 saturated carbocycles. The molecular weight excluding hydrogens is 250 g/mol. The second kappa shape index (κ2) is 6.49. The number of nitrogens with zero attached hydrogens (tertiary/aromatic N) is 1. The summed E-state index contributed by atoms with van der Waals surface area (Å²) >= 11 is 0. The molecular formula is C17H27NO2. The molecule has 1 aliphatic rings. The van der Waals surface area contributed by atoms with Crippen molar-refractivity contribution in [3.05, 3.63) is 23.8 Å². The van der Waals surface area contributed by atoms with Crippen molar-refractivity contribution in [1.82, 2.24) is 4.90 Å². The molecule has 3 heteroatoms. The molecule has 0 aliphatic carbocycles. The van der Waals surface area contributed by atoms with Crippen LogP contribution in [0, 0.1) is 11.8 Å². The second-order valence-corrected chi connectivity index (χ2v) is 6.22. The van der Waals surface area contributed by atoms with Crippen molar-refractivity contribution in [1.29, 1.82) is 0 Å². The average Bonchev–Trinajstić information content (AvgIpc) is 2.46. The van der Waals surface area contributed by atoms with Gasteiger partial charge in [0.05, 0.1) is 7.11 Å². The third-order valence-corrected chi connectivity index (χ3v) is 4.75. The molecule has 1 saturated heterocycles. The van der Waals surface area contributed by atoms with Crippen molar-refractivity contribution in [2.75, 3.05) is 20.2 Å². The van der Waals surface area contributed by atoms with Gasteiger partial charge in [0, 0.05) is 17.7 Å². The summed E-state index contributed by atoms with van der Waals surface area (Å²) in [4.78, 5) is 2.47. The Morgan fingerprint density at radius 1 is 1.20 bits per heavy atom. The van der Waals surface area contributed by atoms with Crippen LogP contribution >= 0.6 is 0 Å². The summed E-state index contributed by atoms with van der Waals surface area (Å²) in [5.74, 6) is 2.67. The van der Waals surface area contributed by atoms with Crippen LogP contribution in [0.4, 0.5) is 0 Å². The van der Waals surface area contributed by atoms with Crippen LogP contribution in [0.25, 0.3) is 0 Å². The van der Waals surface area contributed by atoms with E-state index in [1.165, 1.54) is 12.8 Å². The Balaban J connectivity index is 2.03. The number of methoxy groups -OCH3 is 1. The molecule has 112 valence electrons. The van der Waals surface area contributed by atoms with Crippen molar-refractivity contribution in [3.8, 4) is 11.5 Å². The number of aromatic hydroxyl groups is 1. The number of benzene rings is 1. The molecule has 1 fully saturated rings. The Hall–Kier alpha value is -1.22. The summed E-state index contributed by atoms with van der Waals surface area (Å²) in [6, 6.07) is 5.86. The number of rotatable bonds is 4. The molecule has 1 aromatic carbocycles. The van der Waals surface area contributed by atoms with Crippen molar-refractivity contribution < 1.29 is 9.84 Å². The largest absolute Gasteiger partial charge is 0.507 e. The Morgan fingerprint density at radius 3 is 2.35 bits per heavy atom. The van der Waals surface area contributed by atoms with Gasteiger partial charge in [-0.1, -0.05) is 19.9 Å². The molecule has 0 bridgehead atoms. The van der Waals surface area contributed by atoms with E-state index in [4.69, 9.17) is 4.74 Å². The van der Waals surface area contributed by atoms with Crippen molar-refractivity contribution in [2.24, 2.45) is 11.8 Å². The van der Waals surface area contributed by atoms with Gasteiger partial charge in [0.15, 0.2) is 0 Å². The Labute approximate surface area is 122 Å². The van der Waals surface area contributed by atoms with Crippen LogP contribution < -0.4 is 4.74 Å². The molecule has 1 aromatic rings. The molecule has 1 aliphatic heterocycles. The van der Waals surface area contributed by atoms with E-state index >= 15 is 0 Å². The molecule has 1 atom stereocenters. The normalized spacial score (nSPS) is 19.2. The van der Waals surface area contributed by atoms with Crippen LogP contribution in [0.15, 0.2) is 18.2 Å². The topological polar surface area (TPSA) is 32.7 Å². The number of phenols is 1. The predicted molar refractivity (Wildman–Crippen MR) is 82.2 cm³/mol. The molecule has 0 spiro atoms. The maximum Gasteiger partial charge on any atom is 0.124 e. The first kappa shape index (κ1) is 15.2. The lowest BCUT2D eigenvalue weighted by Crippen LogP contribution is -2.37. The highest BCUT2D eigenvalue weighted by molar-refractivity contribution is 5.41. The van der Waals surface area contributed by atoms with Crippen LogP contribution in [0.5, 0.6) is 11.5 Å². The maximum absolute atomic E-state index is 10.2. The summed E-state index contributed by atoms with van der Waals surface area (Å²) < 4.78 is 5.14. The molecule has 3 nitrogen and oxygen atoms in total. The van der Waals surface area contributed by atoms with E-state index in [1.54, 1.807) is 13.2 Å². The number of phenolic OH excluding ortho intramolecular Hbond substituents is 1. The van der Waals surface area contributed by atoms with E-state index in [1.807, 2.05) is 12.1 Å². The van der Waals surface area contributed by atoms with E-state index in [0.717, 1.165) is 30.5 Å². The fraction of sp³-hybridized carbons (Fsp3) is 0.647. The van der Waals surface area contributed by atoms with E-state index in [2.05, 4.69) is 25.7 Å². The summed E-state index contributed by atoms with van der Waals surface area (Å²) in [6.45, 7) is 9.06. The standard InChI is InChI=1S/C17H27NO2/c1-12(2)14-7-9-18(10-8-14)13(3)16-6-5-15(20-4)11-17(16)19/h5-6,11-14,19H,7-10H2,1-4H3. The molecule has 1 heterocycles. The van der Waals surface area contributed by atoms with E-state index < -0.39 is 0 Å². The molecule has 1 unspecified atom stereocenters. The Morgan fingerprint density at radius 2 is 1.85 bits per heavy atom.